The standard InChI is InChI=1S/C22H23ClN2O2.C16H16ClN3O4.H2O/c1-2-27-22(26)25-12-9-15(10-13-25)20-19-8-7-18(23)14-17(19)6-5-16-4-3-11-24-21(16)20;17-9-6-7-10-12(15(22)20(10)13(9)16(23)24)19-14(21)11(18)8-4-2-1-3-5-8;/h3-4,7-8,11,14H,2,5-6,9-10,12-13H2,1H3;1-5,10-12H,6-7,18H2,(H,19,21)(H,23,24);1H2/t;10-,11-,12+;/m.1./s1. The molecule has 12 nitrogen and oxygen atoms in total. The predicted octanol–water partition coefficient (Wildman–Crippen LogP) is 4.77. The van der Waals surface area contributed by atoms with E-state index in [0.717, 1.165) is 41.3 Å². The first-order valence-electron chi connectivity index (χ1n) is 17.0. The lowest BCUT2D eigenvalue weighted by Gasteiger charge is -2.49. The van der Waals surface area contributed by atoms with Gasteiger partial charge in [0.1, 0.15) is 17.8 Å². The number of nitrogens with one attached hydrogen (secondary N) is 1. The Labute approximate surface area is 311 Å². The molecule has 14 heteroatoms. The van der Waals surface area contributed by atoms with Gasteiger partial charge < -0.3 is 31.3 Å². The lowest BCUT2D eigenvalue weighted by atomic mass is 9.86. The van der Waals surface area contributed by atoms with Crippen LogP contribution in [0.5, 0.6) is 0 Å². The molecule has 4 aliphatic rings. The zero-order valence-electron chi connectivity index (χ0n) is 28.6. The lowest BCUT2D eigenvalue weighted by molar-refractivity contribution is -0.156. The highest BCUT2D eigenvalue weighted by Crippen LogP contribution is 2.39. The number of rotatable bonds is 5. The number of aryl methyl sites for hydroxylation is 2. The number of aromatic nitrogens is 1. The average molecular weight is 751 g/mol. The average Bonchev–Trinajstić information content (AvgIpc) is 3.30. The van der Waals surface area contributed by atoms with Gasteiger partial charge in [-0.25, -0.2) is 9.59 Å². The van der Waals surface area contributed by atoms with Crippen LogP contribution < -0.4 is 11.1 Å². The number of ether oxygens (including phenoxy) is 1. The summed E-state index contributed by atoms with van der Waals surface area (Å²) in [6.45, 7) is 3.62. The Kier molecular flexibility index (Phi) is 12.4. The van der Waals surface area contributed by atoms with E-state index in [9.17, 15) is 24.3 Å². The maximum absolute atomic E-state index is 12.3. The van der Waals surface area contributed by atoms with Gasteiger partial charge in [0.15, 0.2) is 0 Å². The van der Waals surface area contributed by atoms with Crippen molar-refractivity contribution in [2.75, 3.05) is 19.7 Å². The number of β-lactam (4-membered cyclic amide) rings is 1. The number of halogens is 2. The van der Waals surface area contributed by atoms with Crippen molar-refractivity contribution in [3.63, 3.8) is 0 Å². The molecule has 1 aliphatic carbocycles. The van der Waals surface area contributed by atoms with Crippen molar-refractivity contribution in [2.45, 2.75) is 63.6 Å². The third-order valence-corrected chi connectivity index (χ3v) is 10.3. The van der Waals surface area contributed by atoms with Crippen molar-refractivity contribution >= 4 is 52.7 Å². The first kappa shape index (κ1) is 38.5. The third kappa shape index (κ3) is 7.85. The highest BCUT2D eigenvalue weighted by Gasteiger charge is 2.53. The predicted molar refractivity (Wildman–Crippen MR) is 196 cm³/mol. The van der Waals surface area contributed by atoms with Gasteiger partial charge in [-0.1, -0.05) is 71.2 Å². The Morgan fingerprint density at radius 2 is 1.71 bits per heavy atom. The fraction of sp³-hybridized carbons (Fsp3) is 0.342. The molecule has 6 N–H and O–H groups in total. The van der Waals surface area contributed by atoms with Crippen LogP contribution in [0.15, 0.2) is 83.2 Å². The number of pyridine rings is 1. The second kappa shape index (κ2) is 16.7. The quantitative estimate of drug-likeness (QED) is 0.311. The number of carboxylic acid groups (broad SMARTS) is 1. The van der Waals surface area contributed by atoms with E-state index in [2.05, 4.69) is 23.5 Å². The molecule has 0 radical (unpaired) electrons. The molecule has 2 fully saturated rings. The normalized spacial score (nSPS) is 19.7. The van der Waals surface area contributed by atoms with Crippen molar-refractivity contribution in [3.05, 3.63) is 116 Å². The Hall–Kier alpha value is -4.75. The maximum atomic E-state index is 12.3. The first-order chi connectivity index (χ1) is 24.6. The summed E-state index contributed by atoms with van der Waals surface area (Å²) in [5.41, 5.74) is 13.8. The summed E-state index contributed by atoms with van der Waals surface area (Å²) in [6, 6.07) is 17.1. The number of carbonyl (C=O) groups is 4. The highest BCUT2D eigenvalue weighted by atomic mass is 35.5. The lowest BCUT2D eigenvalue weighted by Crippen LogP contribution is -2.72. The van der Waals surface area contributed by atoms with Crippen LogP contribution in [-0.4, -0.2) is 81.0 Å². The van der Waals surface area contributed by atoms with Crippen molar-refractivity contribution < 1.29 is 34.5 Å². The fourth-order valence-electron chi connectivity index (χ4n) is 7.13. The minimum atomic E-state index is -1.25. The van der Waals surface area contributed by atoms with Gasteiger partial charge in [0.2, 0.25) is 5.91 Å². The van der Waals surface area contributed by atoms with E-state index >= 15 is 0 Å². The molecular formula is C38H41Cl2N5O7. The summed E-state index contributed by atoms with van der Waals surface area (Å²) in [6.07, 6.45) is 6.10. The number of likely N-dealkylation sites (tertiary alicyclic amines) is 1. The van der Waals surface area contributed by atoms with Gasteiger partial charge in [-0.15, -0.1) is 0 Å². The number of allylic oxidation sites excluding steroid dienone is 1. The molecule has 0 saturated carbocycles. The summed E-state index contributed by atoms with van der Waals surface area (Å²) in [5.74, 6) is -2.20. The fourth-order valence-corrected chi connectivity index (χ4v) is 7.61. The molecule has 3 aromatic rings. The molecule has 7 rings (SSSR count). The second-order valence-electron chi connectivity index (χ2n) is 12.7. The van der Waals surface area contributed by atoms with Crippen LogP contribution in [-0.2, 0) is 32.0 Å². The molecular weight excluding hydrogens is 709 g/mol. The van der Waals surface area contributed by atoms with Gasteiger partial charge in [-0.3, -0.25) is 19.5 Å². The van der Waals surface area contributed by atoms with Gasteiger partial charge in [-0.2, -0.15) is 0 Å². The number of piperidine rings is 1. The third-order valence-electron chi connectivity index (χ3n) is 9.69. The molecule has 52 heavy (non-hydrogen) atoms. The minimum Gasteiger partial charge on any atom is -0.477 e. The first-order valence-corrected chi connectivity index (χ1v) is 17.8. The van der Waals surface area contributed by atoms with Crippen LogP contribution in [0.3, 0.4) is 0 Å². The summed E-state index contributed by atoms with van der Waals surface area (Å²) in [7, 11) is 0. The van der Waals surface area contributed by atoms with Crippen LogP contribution in [0, 0.1) is 0 Å². The van der Waals surface area contributed by atoms with E-state index in [1.165, 1.54) is 27.8 Å². The molecule has 0 bridgehead atoms. The maximum Gasteiger partial charge on any atom is 0.409 e. The van der Waals surface area contributed by atoms with Crippen molar-refractivity contribution in [3.8, 4) is 0 Å². The number of carboxylic acids is 1. The van der Waals surface area contributed by atoms with Gasteiger partial charge in [0.25, 0.3) is 5.91 Å². The Morgan fingerprint density at radius 3 is 2.40 bits per heavy atom. The number of hydrogen-bond donors (Lipinski definition) is 3. The molecule has 2 saturated heterocycles. The number of hydrogen-bond acceptors (Lipinski definition) is 7. The second-order valence-corrected chi connectivity index (χ2v) is 13.6. The van der Waals surface area contributed by atoms with E-state index in [0.29, 0.717) is 38.1 Å². The molecule has 3 atom stereocenters. The smallest absolute Gasteiger partial charge is 0.409 e. The number of carbonyl (C=O) groups excluding carboxylic acids is 3. The van der Waals surface area contributed by atoms with E-state index in [-0.39, 0.29) is 22.3 Å². The number of amides is 3. The highest BCUT2D eigenvalue weighted by molar-refractivity contribution is 6.32. The Morgan fingerprint density at radius 1 is 1.00 bits per heavy atom. The van der Waals surface area contributed by atoms with E-state index < -0.39 is 35.9 Å². The van der Waals surface area contributed by atoms with Crippen molar-refractivity contribution in [1.82, 2.24) is 20.1 Å². The van der Waals surface area contributed by atoms with Crippen LogP contribution in [0.1, 0.15) is 66.6 Å². The van der Waals surface area contributed by atoms with Gasteiger partial charge >= 0.3 is 12.1 Å². The van der Waals surface area contributed by atoms with Crippen LogP contribution in [0.2, 0.25) is 5.02 Å². The Bertz CT molecular complexity index is 1910. The van der Waals surface area contributed by atoms with Gasteiger partial charge in [0.05, 0.1) is 18.3 Å². The van der Waals surface area contributed by atoms with Gasteiger partial charge in [0, 0.05) is 34.9 Å². The van der Waals surface area contributed by atoms with Crippen LogP contribution in [0.4, 0.5) is 4.79 Å². The van der Waals surface area contributed by atoms with Crippen LogP contribution in [0.25, 0.3) is 5.57 Å². The molecule has 0 spiro atoms. The number of nitrogens with two attached hydrogens (primary N) is 1. The van der Waals surface area contributed by atoms with E-state index in [1.807, 2.05) is 31.3 Å². The minimum absolute atomic E-state index is 0. The molecule has 4 heterocycles. The van der Waals surface area contributed by atoms with Gasteiger partial charge in [-0.05, 0) is 85.9 Å². The van der Waals surface area contributed by atoms with Crippen LogP contribution >= 0.6 is 23.2 Å². The zero-order valence-corrected chi connectivity index (χ0v) is 30.1. The largest absolute Gasteiger partial charge is 0.477 e. The van der Waals surface area contributed by atoms with E-state index in [4.69, 9.17) is 38.7 Å². The molecule has 0 unspecified atom stereocenters. The van der Waals surface area contributed by atoms with E-state index in [1.54, 1.807) is 29.2 Å². The Balaban J connectivity index is 0.000000199. The SMILES string of the molecule is CCOC(=O)N1CCC(=C2c3ccc(Cl)cc3CCc3cccnc32)CC1.N[C@@H](C(=O)N[C@@H]1C(=O)N2C(C(=O)O)=C(Cl)CC[C@H]12)c1ccccc1.O. The molecule has 3 aliphatic heterocycles. The summed E-state index contributed by atoms with van der Waals surface area (Å²) in [4.78, 5) is 55.5. The monoisotopic (exact) mass is 749 g/mol. The number of aliphatic carboxylic acids is 1. The topological polar surface area (TPSA) is 187 Å². The van der Waals surface area contributed by atoms with Crippen molar-refractivity contribution in [2.24, 2.45) is 5.73 Å². The number of nitrogens with zero attached hydrogens (tertiary/aromatic N) is 3. The summed E-state index contributed by atoms with van der Waals surface area (Å²) < 4.78 is 5.15. The molecule has 274 valence electrons. The zero-order chi connectivity index (χ0) is 36.2. The molecule has 3 amide bonds. The number of fused-ring (bicyclic) bond motifs is 3. The molecule has 2 aromatic carbocycles. The number of benzene rings is 2. The summed E-state index contributed by atoms with van der Waals surface area (Å²) in [5, 5.41) is 12.8. The van der Waals surface area contributed by atoms with Crippen molar-refractivity contribution in [1.29, 1.82) is 0 Å². The molecule has 1 aromatic heterocycles. The summed E-state index contributed by atoms with van der Waals surface area (Å²) >= 11 is 12.2.